The van der Waals surface area contributed by atoms with Gasteiger partial charge in [-0.25, -0.2) is 0 Å². The molecule has 1 atom stereocenters. The van der Waals surface area contributed by atoms with E-state index in [0.717, 1.165) is 43.0 Å². The van der Waals surface area contributed by atoms with Crippen LogP contribution >= 0.6 is 0 Å². The van der Waals surface area contributed by atoms with Crippen molar-refractivity contribution in [1.29, 1.82) is 0 Å². The molecule has 102 valence electrons. The highest BCUT2D eigenvalue weighted by Gasteiger charge is 2.22. The van der Waals surface area contributed by atoms with E-state index in [9.17, 15) is 4.79 Å². The third-order valence-electron chi connectivity index (χ3n) is 3.60. The van der Waals surface area contributed by atoms with E-state index in [1.54, 1.807) is 0 Å². The first-order valence-corrected chi connectivity index (χ1v) is 6.70. The topological polar surface area (TPSA) is 59.6 Å². The van der Waals surface area contributed by atoms with Crippen LogP contribution in [0.3, 0.4) is 0 Å². The Morgan fingerprint density at radius 2 is 2.37 bits per heavy atom. The number of hydrogen-bond acceptors (Lipinski definition) is 4. The monoisotopic (exact) mass is 262 g/mol. The van der Waals surface area contributed by atoms with E-state index in [-0.39, 0.29) is 18.6 Å². The number of benzene rings is 1. The molecule has 1 saturated heterocycles. The van der Waals surface area contributed by atoms with Crippen molar-refractivity contribution < 1.29 is 14.3 Å². The van der Waals surface area contributed by atoms with Crippen molar-refractivity contribution in [2.75, 3.05) is 19.9 Å². The molecule has 1 fully saturated rings. The summed E-state index contributed by atoms with van der Waals surface area (Å²) in [5.74, 6) is 1.71. The van der Waals surface area contributed by atoms with Crippen LogP contribution in [0.1, 0.15) is 18.4 Å². The molecule has 2 N–H and O–H groups in total. The molecule has 0 saturated carbocycles. The zero-order valence-electron chi connectivity index (χ0n) is 10.8. The lowest BCUT2D eigenvalue weighted by Gasteiger charge is -2.22. The summed E-state index contributed by atoms with van der Waals surface area (Å²) in [4.78, 5) is 12.0. The van der Waals surface area contributed by atoms with Gasteiger partial charge in [-0.15, -0.1) is 0 Å². The number of amides is 1. The zero-order valence-corrected chi connectivity index (χ0v) is 10.8. The van der Waals surface area contributed by atoms with Crippen molar-refractivity contribution >= 4 is 5.91 Å². The van der Waals surface area contributed by atoms with E-state index in [0.29, 0.717) is 6.54 Å². The first-order valence-electron chi connectivity index (χ1n) is 6.70. The number of carbonyl (C=O) groups is 1. The highest BCUT2D eigenvalue weighted by Crippen LogP contribution is 2.35. The lowest BCUT2D eigenvalue weighted by atomic mass is 9.99. The Hall–Kier alpha value is -1.75. The van der Waals surface area contributed by atoms with Gasteiger partial charge in [-0.2, -0.15) is 0 Å². The fraction of sp³-hybridized carbons (Fsp3) is 0.500. The summed E-state index contributed by atoms with van der Waals surface area (Å²) in [5, 5.41) is 6.23. The molecule has 2 aliphatic heterocycles. The zero-order chi connectivity index (χ0) is 13.1. The van der Waals surface area contributed by atoms with Crippen LogP contribution in [0.4, 0.5) is 0 Å². The fourth-order valence-electron chi connectivity index (χ4n) is 2.53. The van der Waals surface area contributed by atoms with Gasteiger partial charge in [0, 0.05) is 18.7 Å². The number of carbonyl (C=O) groups excluding carboxylic acids is 1. The van der Waals surface area contributed by atoms with Gasteiger partial charge in [-0.3, -0.25) is 4.79 Å². The minimum Gasteiger partial charge on any atom is -0.454 e. The molecule has 2 heterocycles. The summed E-state index contributed by atoms with van der Waals surface area (Å²) in [6, 6.07) is 5.74. The normalized spacial score (nSPS) is 21.2. The molecule has 1 amide bonds. The summed E-state index contributed by atoms with van der Waals surface area (Å²) < 4.78 is 10.7. The first kappa shape index (κ1) is 12.3. The van der Waals surface area contributed by atoms with Crippen LogP contribution in [0.25, 0.3) is 0 Å². The van der Waals surface area contributed by atoms with Crippen LogP contribution < -0.4 is 20.1 Å². The molecule has 1 aromatic carbocycles. The summed E-state index contributed by atoms with van der Waals surface area (Å²) in [7, 11) is 0. The second kappa shape index (κ2) is 5.48. The summed E-state index contributed by atoms with van der Waals surface area (Å²) in [5.41, 5.74) is 0.965. The van der Waals surface area contributed by atoms with Gasteiger partial charge in [0.05, 0.1) is 5.92 Å². The molecular formula is C14H18N2O3. The van der Waals surface area contributed by atoms with Crippen LogP contribution in [0.5, 0.6) is 11.5 Å². The highest BCUT2D eigenvalue weighted by atomic mass is 16.7. The van der Waals surface area contributed by atoms with Crippen molar-refractivity contribution in [2.24, 2.45) is 5.92 Å². The number of hydrogen-bond donors (Lipinski definition) is 2. The lowest BCUT2D eigenvalue weighted by molar-refractivity contribution is -0.125. The highest BCUT2D eigenvalue weighted by molar-refractivity contribution is 5.79. The molecule has 0 aliphatic carbocycles. The van der Waals surface area contributed by atoms with Gasteiger partial charge >= 0.3 is 0 Å². The summed E-state index contributed by atoms with van der Waals surface area (Å²) in [6.07, 6.45) is 2.03. The summed E-state index contributed by atoms with van der Waals surface area (Å²) in [6.45, 7) is 2.54. The average Bonchev–Trinajstić information content (AvgIpc) is 2.94. The van der Waals surface area contributed by atoms with E-state index < -0.39 is 0 Å². The smallest absolute Gasteiger partial charge is 0.231 e. The van der Waals surface area contributed by atoms with Crippen LogP contribution in [-0.2, 0) is 11.3 Å². The Bertz CT molecular complexity index is 470. The molecule has 0 spiro atoms. The van der Waals surface area contributed by atoms with Gasteiger partial charge in [0.25, 0.3) is 0 Å². The molecule has 3 rings (SSSR count). The third kappa shape index (κ3) is 2.66. The number of rotatable bonds is 3. The number of piperidine rings is 1. The average molecular weight is 262 g/mol. The molecule has 0 radical (unpaired) electrons. The van der Waals surface area contributed by atoms with E-state index >= 15 is 0 Å². The van der Waals surface area contributed by atoms with Gasteiger partial charge in [0.15, 0.2) is 11.5 Å². The minimum atomic E-state index is 0.0858. The maximum atomic E-state index is 12.0. The van der Waals surface area contributed by atoms with Crippen LogP contribution in [0, 0.1) is 5.92 Å². The molecule has 5 nitrogen and oxygen atoms in total. The quantitative estimate of drug-likeness (QED) is 0.854. The Morgan fingerprint density at radius 3 is 3.21 bits per heavy atom. The van der Waals surface area contributed by atoms with Crippen molar-refractivity contribution in [1.82, 2.24) is 10.6 Å². The van der Waals surface area contributed by atoms with Gasteiger partial charge in [0.2, 0.25) is 12.7 Å². The van der Waals surface area contributed by atoms with Gasteiger partial charge in [-0.05, 0) is 25.5 Å². The third-order valence-corrected chi connectivity index (χ3v) is 3.60. The predicted molar refractivity (Wildman–Crippen MR) is 70.0 cm³/mol. The molecule has 2 aliphatic rings. The molecule has 0 unspecified atom stereocenters. The Morgan fingerprint density at radius 1 is 1.42 bits per heavy atom. The van der Waals surface area contributed by atoms with Crippen molar-refractivity contribution in [3.8, 4) is 11.5 Å². The Balaban J connectivity index is 1.60. The number of para-hydroxylation sites is 1. The van der Waals surface area contributed by atoms with Crippen LogP contribution in [0.15, 0.2) is 18.2 Å². The first-order chi connectivity index (χ1) is 9.34. The van der Waals surface area contributed by atoms with E-state index in [2.05, 4.69) is 10.6 Å². The van der Waals surface area contributed by atoms with E-state index in [4.69, 9.17) is 9.47 Å². The Labute approximate surface area is 112 Å². The predicted octanol–water partition coefficient (Wildman–Crippen LogP) is 1.03. The van der Waals surface area contributed by atoms with Crippen molar-refractivity contribution in [3.63, 3.8) is 0 Å². The van der Waals surface area contributed by atoms with Gasteiger partial charge in [-0.1, -0.05) is 12.1 Å². The maximum absolute atomic E-state index is 12.0. The molecule has 0 aromatic heterocycles. The van der Waals surface area contributed by atoms with Crippen LogP contribution in [-0.4, -0.2) is 25.8 Å². The standard InChI is InChI=1S/C14H18N2O3/c17-14(11-4-2-6-15-7-11)16-8-10-3-1-5-12-13(10)19-9-18-12/h1,3,5,11,15H,2,4,6-9H2,(H,16,17)/t11-/m0/s1. The number of nitrogens with one attached hydrogen (secondary N) is 2. The van der Waals surface area contributed by atoms with Crippen molar-refractivity contribution in [3.05, 3.63) is 23.8 Å². The molecule has 1 aromatic rings. The Kier molecular flexibility index (Phi) is 3.55. The summed E-state index contributed by atoms with van der Waals surface area (Å²) >= 11 is 0. The minimum absolute atomic E-state index is 0.0858. The fourth-order valence-corrected chi connectivity index (χ4v) is 2.53. The van der Waals surface area contributed by atoms with Crippen molar-refractivity contribution in [2.45, 2.75) is 19.4 Å². The molecule has 5 heteroatoms. The van der Waals surface area contributed by atoms with Crippen LogP contribution in [0.2, 0.25) is 0 Å². The second-order valence-corrected chi connectivity index (χ2v) is 4.91. The van der Waals surface area contributed by atoms with E-state index in [1.165, 1.54) is 0 Å². The molecule has 0 bridgehead atoms. The SMILES string of the molecule is O=C(NCc1cccc2c1OCO2)[C@H]1CCCNC1. The lowest BCUT2D eigenvalue weighted by Crippen LogP contribution is -2.40. The largest absolute Gasteiger partial charge is 0.454 e. The number of fused-ring (bicyclic) bond motifs is 1. The second-order valence-electron chi connectivity index (χ2n) is 4.91. The molecular weight excluding hydrogens is 244 g/mol. The number of ether oxygens (including phenoxy) is 2. The maximum Gasteiger partial charge on any atom is 0.231 e. The molecule has 19 heavy (non-hydrogen) atoms. The van der Waals surface area contributed by atoms with Gasteiger partial charge in [0.1, 0.15) is 0 Å². The van der Waals surface area contributed by atoms with Gasteiger partial charge < -0.3 is 20.1 Å². The van der Waals surface area contributed by atoms with E-state index in [1.807, 2.05) is 18.2 Å².